The van der Waals surface area contributed by atoms with E-state index in [-0.39, 0.29) is 0 Å². The van der Waals surface area contributed by atoms with Crippen LogP contribution >= 0.6 is 0 Å². The lowest BCUT2D eigenvalue weighted by atomic mass is 10.1. The van der Waals surface area contributed by atoms with Crippen molar-refractivity contribution in [2.75, 3.05) is 0 Å². The van der Waals surface area contributed by atoms with Crippen molar-refractivity contribution in [2.45, 2.75) is 6.92 Å². The highest BCUT2D eigenvalue weighted by Gasteiger charge is 2.14. The Balaban J connectivity index is 2.22. The van der Waals surface area contributed by atoms with Gasteiger partial charge in [0.05, 0.1) is 22.5 Å². The molecule has 0 amide bonds. The van der Waals surface area contributed by atoms with E-state index in [0.717, 1.165) is 12.1 Å². The molecule has 0 spiro atoms. The van der Waals surface area contributed by atoms with Crippen LogP contribution in [0.4, 0.5) is 8.78 Å². The summed E-state index contributed by atoms with van der Waals surface area (Å²) in [6.45, 7) is 1.71. The van der Waals surface area contributed by atoms with Crippen LogP contribution in [0.25, 0.3) is 22.3 Å². The Morgan fingerprint density at radius 2 is 1.95 bits per heavy atom. The molecule has 1 N–H and O–H groups in total. The summed E-state index contributed by atoms with van der Waals surface area (Å²) >= 11 is 0. The first-order valence-corrected chi connectivity index (χ1v) is 5.81. The van der Waals surface area contributed by atoms with Gasteiger partial charge in [-0.05, 0) is 25.1 Å². The minimum Gasteiger partial charge on any atom is -0.277 e. The molecule has 2 heterocycles. The molecule has 0 aliphatic rings. The van der Waals surface area contributed by atoms with Crippen LogP contribution in [0, 0.1) is 29.9 Å². The summed E-state index contributed by atoms with van der Waals surface area (Å²) in [5, 5.41) is 16.0. The maximum Gasteiger partial charge on any atom is 0.160 e. The smallest absolute Gasteiger partial charge is 0.160 e. The van der Waals surface area contributed by atoms with E-state index < -0.39 is 11.6 Å². The van der Waals surface area contributed by atoms with Crippen molar-refractivity contribution < 1.29 is 8.78 Å². The lowest BCUT2D eigenvalue weighted by Crippen LogP contribution is -1.92. The first-order chi connectivity index (χ1) is 9.60. The summed E-state index contributed by atoms with van der Waals surface area (Å²) < 4.78 is 26.5. The first kappa shape index (κ1) is 12.2. The van der Waals surface area contributed by atoms with Crippen LogP contribution in [0.15, 0.2) is 24.3 Å². The second kappa shape index (κ2) is 4.38. The Kier molecular flexibility index (Phi) is 2.68. The second-order valence-corrected chi connectivity index (χ2v) is 4.33. The van der Waals surface area contributed by atoms with Gasteiger partial charge < -0.3 is 0 Å². The van der Waals surface area contributed by atoms with Crippen molar-refractivity contribution in [3.05, 3.63) is 47.2 Å². The van der Waals surface area contributed by atoms with Gasteiger partial charge in [0.25, 0.3) is 0 Å². The normalized spacial score (nSPS) is 10.7. The van der Waals surface area contributed by atoms with Crippen LogP contribution in [0.1, 0.15) is 11.3 Å². The molecule has 1 aromatic carbocycles. The predicted octanol–water partition coefficient (Wildman–Crippen LogP) is 3.08. The number of nitrogens with one attached hydrogen (secondary N) is 1. The molecule has 20 heavy (non-hydrogen) atoms. The summed E-state index contributed by atoms with van der Waals surface area (Å²) in [7, 11) is 0. The largest absolute Gasteiger partial charge is 0.277 e. The van der Waals surface area contributed by atoms with E-state index in [2.05, 4.69) is 15.2 Å². The van der Waals surface area contributed by atoms with Crippen LogP contribution in [-0.2, 0) is 0 Å². The van der Waals surface area contributed by atoms with E-state index in [4.69, 9.17) is 5.26 Å². The van der Waals surface area contributed by atoms with Gasteiger partial charge in [-0.1, -0.05) is 0 Å². The summed E-state index contributed by atoms with van der Waals surface area (Å²) in [6, 6.07) is 7.41. The zero-order valence-corrected chi connectivity index (χ0v) is 10.4. The molecule has 3 aromatic rings. The molecule has 0 fully saturated rings. The molecular formula is C14H8F2N4. The van der Waals surface area contributed by atoms with Gasteiger partial charge in [0.2, 0.25) is 0 Å². The Morgan fingerprint density at radius 1 is 1.20 bits per heavy atom. The van der Waals surface area contributed by atoms with E-state index in [1.807, 2.05) is 6.07 Å². The molecule has 6 heteroatoms. The van der Waals surface area contributed by atoms with E-state index in [1.54, 1.807) is 19.1 Å². The fourth-order valence-electron chi connectivity index (χ4n) is 2.02. The van der Waals surface area contributed by atoms with Gasteiger partial charge in [0.1, 0.15) is 11.8 Å². The quantitative estimate of drug-likeness (QED) is 0.739. The third-order valence-corrected chi connectivity index (χ3v) is 3.05. The molecule has 0 atom stereocenters. The van der Waals surface area contributed by atoms with E-state index in [1.165, 1.54) is 0 Å². The molecule has 0 unspecified atom stereocenters. The maximum absolute atomic E-state index is 13.3. The van der Waals surface area contributed by atoms with Crippen molar-refractivity contribution >= 4 is 10.9 Å². The molecule has 0 aliphatic heterocycles. The highest BCUT2D eigenvalue weighted by molar-refractivity contribution is 5.92. The van der Waals surface area contributed by atoms with Gasteiger partial charge in [0, 0.05) is 11.5 Å². The molecule has 0 aliphatic carbocycles. The number of hydrogen-bond acceptors (Lipinski definition) is 3. The van der Waals surface area contributed by atoms with Crippen LogP contribution in [0.3, 0.4) is 0 Å². The zero-order valence-electron chi connectivity index (χ0n) is 10.4. The van der Waals surface area contributed by atoms with Crippen LogP contribution in [-0.4, -0.2) is 15.2 Å². The topological polar surface area (TPSA) is 65.4 Å². The summed E-state index contributed by atoms with van der Waals surface area (Å²) in [5.41, 5.74) is 2.34. The van der Waals surface area contributed by atoms with Crippen molar-refractivity contribution in [1.29, 1.82) is 5.26 Å². The predicted molar refractivity (Wildman–Crippen MR) is 68.7 cm³/mol. The van der Waals surface area contributed by atoms with E-state index >= 15 is 0 Å². The number of fused-ring (bicyclic) bond motifs is 1. The molecule has 0 saturated heterocycles. The van der Waals surface area contributed by atoms with Crippen molar-refractivity contribution in [3.8, 4) is 17.5 Å². The van der Waals surface area contributed by atoms with Crippen molar-refractivity contribution in [2.24, 2.45) is 0 Å². The molecule has 2 aromatic heterocycles. The third kappa shape index (κ3) is 1.80. The fourth-order valence-corrected chi connectivity index (χ4v) is 2.02. The van der Waals surface area contributed by atoms with Crippen LogP contribution < -0.4 is 0 Å². The lowest BCUT2D eigenvalue weighted by Gasteiger charge is -2.01. The summed E-state index contributed by atoms with van der Waals surface area (Å²) in [6.07, 6.45) is 0. The SMILES string of the molecule is Cc1nc(-c2n[nH]c3cc(F)c(F)cc23)ccc1C#N. The van der Waals surface area contributed by atoms with Gasteiger partial charge in [-0.3, -0.25) is 10.1 Å². The van der Waals surface area contributed by atoms with Crippen molar-refractivity contribution in [3.63, 3.8) is 0 Å². The van der Waals surface area contributed by atoms with Gasteiger partial charge in [-0.15, -0.1) is 0 Å². The van der Waals surface area contributed by atoms with Gasteiger partial charge in [-0.2, -0.15) is 10.4 Å². The highest BCUT2D eigenvalue weighted by atomic mass is 19.2. The van der Waals surface area contributed by atoms with Gasteiger partial charge in [-0.25, -0.2) is 8.78 Å². The Bertz CT molecular complexity index is 861. The number of halogens is 2. The van der Waals surface area contributed by atoms with Gasteiger partial charge in [0.15, 0.2) is 11.6 Å². The number of benzene rings is 1. The molecule has 4 nitrogen and oxygen atoms in total. The maximum atomic E-state index is 13.3. The van der Waals surface area contributed by atoms with Gasteiger partial charge >= 0.3 is 0 Å². The Hall–Kier alpha value is -2.81. The number of aromatic amines is 1. The van der Waals surface area contributed by atoms with Crippen molar-refractivity contribution in [1.82, 2.24) is 15.2 Å². The average Bonchev–Trinajstić information content (AvgIpc) is 2.82. The molecule has 0 bridgehead atoms. The third-order valence-electron chi connectivity index (χ3n) is 3.05. The van der Waals surface area contributed by atoms with E-state index in [9.17, 15) is 8.78 Å². The summed E-state index contributed by atoms with van der Waals surface area (Å²) in [5.74, 6) is -1.87. The van der Waals surface area contributed by atoms with E-state index in [0.29, 0.717) is 33.5 Å². The Morgan fingerprint density at radius 3 is 2.65 bits per heavy atom. The first-order valence-electron chi connectivity index (χ1n) is 5.81. The Labute approximate surface area is 112 Å². The number of pyridine rings is 1. The number of nitrogens with zero attached hydrogens (tertiary/aromatic N) is 3. The highest BCUT2D eigenvalue weighted by Crippen LogP contribution is 2.27. The minimum atomic E-state index is -0.939. The minimum absolute atomic E-state index is 0.391. The number of aryl methyl sites for hydroxylation is 1. The summed E-state index contributed by atoms with van der Waals surface area (Å²) in [4.78, 5) is 4.27. The molecule has 3 rings (SSSR count). The average molecular weight is 270 g/mol. The zero-order chi connectivity index (χ0) is 14.3. The molecular weight excluding hydrogens is 262 g/mol. The number of rotatable bonds is 1. The number of H-pyrrole nitrogens is 1. The standard InChI is InChI=1S/C14H8F2N4/c1-7-8(6-17)2-3-12(18-7)14-9-4-10(15)11(16)5-13(9)19-20-14/h2-5H,1H3,(H,19,20). The number of aromatic nitrogens is 3. The van der Waals surface area contributed by atoms with Crippen LogP contribution in [0.2, 0.25) is 0 Å². The molecule has 0 radical (unpaired) electrons. The number of hydrogen-bond donors (Lipinski definition) is 1. The second-order valence-electron chi connectivity index (χ2n) is 4.33. The molecule has 98 valence electrons. The lowest BCUT2D eigenvalue weighted by molar-refractivity contribution is 0.511. The van der Waals surface area contributed by atoms with Crippen LogP contribution in [0.5, 0.6) is 0 Å². The molecule has 0 saturated carbocycles. The number of nitriles is 1. The monoisotopic (exact) mass is 270 g/mol. The fraction of sp³-hybridized carbons (Fsp3) is 0.0714.